The van der Waals surface area contributed by atoms with Crippen molar-refractivity contribution < 1.29 is 14.6 Å². The molecular formula is C11H14N2O3. The van der Waals surface area contributed by atoms with Crippen molar-refractivity contribution in [3.63, 3.8) is 0 Å². The van der Waals surface area contributed by atoms with Gasteiger partial charge in [0.1, 0.15) is 5.82 Å². The Morgan fingerprint density at radius 3 is 2.50 bits per heavy atom. The van der Waals surface area contributed by atoms with Crippen LogP contribution in [0.5, 0.6) is 0 Å². The fourth-order valence-electron chi connectivity index (χ4n) is 1.61. The van der Waals surface area contributed by atoms with Crippen molar-refractivity contribution in [3.8, 4) is 0 Å². The van der Waals surface area contributed by atoms with Crippen LogP contribution in [0, 0.1) is 0 Å². The van der Waals surface area contributed by atoms with E-state index >= 15 is 0 Å². The first-order valence-corrected chi connectivity index (χ1v) is 5.03. The fourth-order valence-corrected chi connectivity index (χ4v) is 1.61. The number of hydrogen-bond donors (Lipinski definition) is 1. The highest BCUT2D eigenvalue weighted by molar-refractivity contribution is 5.90. The number of hydrogen-bond acceptors (Lipinski definition) is 4. The molecule has 1 aliphatic heterocycles. The number of aliphatic hydroxyl groups is 1. The van der Waals surface area contributed by atoms with E-state index in [1.54, 1.807) is 38.2 Å². The van der Waals surface area contributed by atoms with Crippen molar-refractivity contribution in [1.29, 1.82) is 0 Å². The second kappa shape index (κ2) is 3.18. The van der Waals surface area contributed by atoms with Crippen LogP contribution in [-0.2, 0) is 4.74 Å². The molecule has 1 aromatic rings. The minimum Gasteiger partial charge on any atom is -0.438 e. The van der Waals surface area contributed by atoms with Crippen molar-refractivity contribution in [2.75, 3.05) is 4.90 Å². The average molecular weight is 222 g/mol. The van der Waals surface area contributed by atoms with Gasteiger partial charge in [-0.3, -0.25) is 0 Å². The van der Waals surface area contributed by atoms with Crippen molar-refractivity contribution in [3.05, 3.63) is 24.4 Å². The number of anilines is 1. The Morgan fingerprint density at radius 1 is 1.38 bits per heavy atom. The van der Waals surface area contributed by atoms with Crippen LogP contribution in [0.25, 0.3) is 0 Å². The summed E-state index contributed by atoms with van der Waals surface area (Å²) in [6, 6.07) is 5.14. The molecule has 0 unspecified atom stereocenters. The van der Waals surface area contributed by atoms with E-state index in [2.05, 4.69) is 4.98 Å². The van der Waals surface area contributed by atoms with Crippen molar-refractivity contribution in [2.45, 2.75) is 32.1 Å². The van der Waals surface area contributed by atoms with E-state index < -0.39 is 17.4 Å². The van der Waals surface area contributed by atoms with Gasteiger partial charge in [-0.15, -0.1) is 0 Å². The quantitative estimate of drug-likeness (QED) is 0.782. The summed E-state index contributed by atoms with van der Waals surface area (Å²) in [6.45, 7) is 4.86. The van der Waals surface area contributed by atoms with E-state index in [9.17, 15) is 9.90 Å². The molecule has 1 fully saturated rings. The van der Waals surface area contributed by atoms with E-state index in [0.29, 0.717) is 5.82 Å². The van der Waals surface area contributed by atoms with Crippen LogP contribution in [-0.4, -0.2) is 27.5 Å². The number of pyridine rings is 1. The summed E-state index contributed by atoms with van der Waals surface area (Å²) >= 11 is 0. The number of cyclic esters (lactones) is 1. The predicted octanol–water partition coefficient (Wildman–Crippen LogP) is 1.53. The van der Waals surface area contributed by atoms with Gasteiger partial charge >= 0.3 is 6.09 Å². The summed E-state index contributed by atoms with van der Waals surface area (Å²) in [5, 5.41) is 10.3. The molecule has 1 saturated heterocycles. The average Bonchev–Trinajstić information content (AvgIpc) is 2.33. The van der Waals surface area contributed by atoms with Crippen LogP contribution in [0.15, 0.2) is 24.4 Å². The van der Waals surface area contributed by atoms with Crippen LogP contribution < -0.4 is 4.90 Å². The zero-order chi connectivity index (χ0) is 12.0. The Morgan fingerprint density at radius 2 is 2.06 bits per heavy atom. The van der Waals surface area contributed by atoms with Gasteiger partial charge < -0.3 is 9.84 Å². The smallest absolute Gasteiger partial charge is 0.418 e. The van der Waals surface area contributed by atoms with Crippen molar-refractivity contribution >= 4 is 11.9 Å². The standard InChI is InChI=1S/C11H14N2O3/c1-10(2)11(3,15)13(9(14)16-10)8-6-4-5-7-12-8/h4-7,15H,1-3H3/t11-/m1/s1. The second-order valence-corrected chi connectivity index (χ2v) is 4.42. The van der Waals surface area contributed by atoms with E-state index in [0.717, 1.165) is 4.90 Å². The molecule has 0 saturated carbocycles. The largest absolute Gasteiger partial charge is 0.438 e. The number of carbonyl (C=O) groups is 1. The summed E-state index contributed by atoms with van der Waals surface area (Å²) in [7, 11) is 0. The van der Waals surface area contributed by atoms with Crippen LogP contribution >= 0.6 is 0 Å². The Labute approximate surface area is 93.7 Å². The minimum absolute atomic E-state index is 0.378. The van der Waals surface area contributed by atoms with Crippen molar-refractivity contribution in [1.82, 2.24) is 4.98 Å². The normalized spacial score (nSPS) is 28.0. The molecule has 16 heavy (non-hydrogen) atoms. The first kappa shape index (κ1) is 10.9. The van der Waals surface area contributed by atoms with Gasteiger partial charge in [0.05, 0.1) is 0 Å². The van der Waals surface area contributed by atoms with Gasteiger partial charge in [-0.1, -0.05) is 6.07 Å². The molecule has 1 aliphatic rings. The molecule has 2 rings (SSSR count). The number of aromatic nitrogens is 1. The molecule has 1 N–H and O–H groups in total. The molecule has 86 valence electrons. The summed E-state index contributed by atoms with van der Waals surface area (Å²) in [5.41, 5.74) is -2.39. The zero-order valence-electron chi connectivity index (χ0n) is 9.47. The Bertz CT molecular complexity index is 414. The van der Waals surface area contributed by atoms with Gasteiger partial charge in [-0.25, -0.2) is 14.7 Å². The molecular weight excluding hydrogens is 208 g/mol. The number of nitrogens with zero attached hydrogens (tertiary/aromatic N) is 2. The molecule has 1 atom stereocenters. The predicted molar refractivity (Wildman–Crippen MR) is 57.9 cm³/mol. The van der Waals surface area contributed by atoms with Crippen LogP contribution in [0.2, 0.25) is 0 Å². The molecule has 5 heteroatoms. The summed E-state index contributed by atoms with van der Waals surface area (Å²) in [6.07, 6.45) is 0.970. The molecule has 0 spiro atoms. The summed E-state index contributed by atoms with van der Waals surface area (Å²) in [5.74, 6) is 0.378. The Kier molecular flexibility index (Phi) is 2.17. The van der Waals surface area contributed by atoms with Gasteiger partial charge in [0, 0.05) is 6.20 Å². The topological polar surface area (TPSA) is 62.7 Å². The lowest BCUT2D eigenvalue weighted by molar-refractivity contribution is -0.0725. The van der Waals surface area contributed by atoms with Crippen molar-refractivity contribution in [2.24, 2.45) is 0 Å². The third-order valence-corrected chi connectivity index (χ3v) is 2.98. The molecule has 0 aromatic carbocycles. The van der Waals surface area contributed by atoms with E-state index in [1.165, 1.54) is 6.92 Å². The lowest BCUT2D eigenvalue weighted by Gasteiger charge is -2.34. The van der Waals surface area contributed by atoms with Gasteiger partial charge in [-0.05, 0) is 32.9 Å². The van der Waals surface area contributed by atoms with Crippen LogP contribution in [0.4, 0.5) is 10.6 Å². The Balaban J connectivity index is 2.47. The molecule has 5 nitrogen and oxygen atoms in total. The molecule has 0 aliphatic carbocycles. The van der Waals surface area contributed by atoms with Gasteiger partial charge in [0.15, 0.2) is 11.3 Å². The monoisotopic (exact) mass is 222 g/mol. The SMILES string of the molecule is CC1(C)OC(=O)N(c2ccccn2)[C@]1(C)O. The first-order valence-electron chi connectivity index (χ1n) is 5.03. The lowest BCUT2D eigenvalue weighted by atomic mass is 9.96. The van der Waals surface area contributed by atoms with E-state index in [1.807, 2.05) is 0 Å². The number of amides is 1. The van der Waals surface area contributed by atoms with E-state index in [-0.39, 0.29) is 0 Å². The molecule has 1 amide bonds. The third kappa shape index (κ3) is 1.36. The number of ether oxygens (including phenoxy) is 1. The zero-order valence-corrected chi connectivity index (χ0v) is 9.47. The highest BCUT2D eigenvalue weighted by Gasteiger charge is 2.57. The fraction of sp³-hybridized carbons (Fsp3) is 0.455. The number of carbonyl (C=O) groups excluding carboxylic acids is 1. The van der Waals surface area contributed by atoms with Gasteiger partial charge in [-0.2, -0.15) is 0 Å². The lowest BCUT2D eigenvalue weighted by Crippen LogP contribution is -2.54. The number of rotatable bonds is 1. The van der Waals surface area contributed by atoms with Crippen LogP contribution in [0.1, 0.15) is 20.8 Å². The van der Waals surface area contributed by atoms with Gasteiger partial charge in [0.25, 0.3) is 0 Å². The summed E-state index contributed by atoms with van der Waals surface area (Å²) < 4.78 is 5.13. The molecule has 0 radical (unpaired) electrons. The van der Waals surface area contributed by atoms with E-state index in [4.69, 9.17) is 4.74 Å². The maximum absolute atomic E-state index is 11.7. The highest BCUT2D eigenvalue weighted by Crippen LogP contribution is 2.39. The second-order valence-electron chi connectivity index (χ2n) is 4.42. The first-order chi connectivity index (χ1) is 7.36. The van der Waals surface area contributed by atoms with Gasteiger partial charge in [0.2, 0.25) is 0 Å². The third-order valence-electron chi connectivity index (χ3n) is 2.98. The highest BCUT2D eigenvalue weighted by atomic mass is 16.6. The molecule has 1 aromatic heterocycles. The Hall–Kier alpha value is -1.62. The molecule has 2 heterocycles. The summed E-state index contributed by atoms with van der Waals surface area (Å²) in [4.78, 5) is 16.9. The van der Waals surface area contributed by atoms with Crippen LogP contribution in [0.3, 0.4) is 0 Å². The maximum atomic E-state index is 11.7. The minimum atomic E-state index is -1.42. The maximum Gasteiger partial charge on any atom is 0.418 e. The molecule has 0 bridgehead atoms.